The largest absolute Gasteiger partial charge is 0.389 e. The zero-order valence-corrected chi connectivity index (χ0v) is 6.07. The molecule has 0 radical (unpaired) electrons. The number of hydrogen-bond acceptors (Lipinski definition) is 2. The van der Waals surface area contributed by atoms with E-state index in [-0.39, 0.29) is 0 Å². The highest BCUT2D eigenvalue weighted by Crippen LogP contribution is 1.82. The van der Waals surface area contributed by atoms with Gasteiger partial charge in [-0.05, 0) is 19.4 Å². The van der Waals surface area contributed by atoms with Crippen LogP contribution in [0.25, 0.3) is 0 Å². The summed E-state index contributed by atoms with van der Waals surface area (Å²) < 4.78 is 0. The van der Waals surface area contributed by atoms with E-state index < -0.39 is 0 Å². The lowest BCUT2D eigenvalue weighted by Gasteiger charge is -2.01. The third-order valence-corrected chi connectivity index (χ3v) is 0.987. The zero-order valence-electron chi connectivity index (χ0n) is 6.07. The molecule has 0 unspecified atom stereocenters. The molecule has 0 aromatic rings. The summed E-state index contributed by atoms with van der Waals surface area (Å²) in [6.45, 7) is 5.07. The minimum absolute atomic E-state index is 0.996. The molecule has 9 heavy (non-hydrogen) atoms. The van der Waals surface area contributed by atoms with Crippen LogP contribution >= 0.6 is 0 Å². The molecule has 0 amide bonds. The minimum atomic E-state index is 0.996. The van der Waals surface area contributed by atoms with Crippen molar-refractivity contribution in [1.29, 1.82) is 5.41 Å². The first-order valence-corrected chi connectivity index (χ1v) is 3.22. The highest BCUT2D eigenvalue weighted by Gasteiger charge is 1.81. The molecule has 0 aliphatic rings. The predicted octanol–water partition coefficient (Wildman–Crippen LogP) is 1.54. The Labute approximate surface area is 56.5 Å². The fourth-order valence-electron chi connectivity index (χ4n) is 0.506. The van der Waals surface area contributed by atoms with Gasteiger partial charge in [-0.1, -0.05) is 6.92 Å². The van der Waals surface area contributed by atoms with Gasteiger partial charge in [-0.2, -0.15) is 0 Å². The normalized spacial score (nSPS) is 11.1. The number of rotatable bonds is 4. The molecule has 0 saturated heterocycles. The number of nitrogens with one attached hydrogen (secondary N) is 2. The summed E-state index contributed by atoms with van der Waals surface area (Å²) in [5.74, 6) is 0. The van der Waals surface area contributed by atoms with Crippen molar-refractivity contribution in [3.8, 4) is 0 Å². The molecular formula is C7H14N2. The first-order valence-electron chi connectivity index (χ1n) is 3.22. The number of allylic oxidation sites excluding steroid dienone is 2. The molecule has 0 spiro atoms. The molecule has 2 heteroatoms. The van der Waals surface area contributed by atoms with Crippen LogP contribution in [0.15, 0.2) is 11.8 Å². The summed E-state index contributed by atoms with van der Waals surface area (Å²) >= 11 is 0. The fraction of sp³-hybridized carbons (Fsp3) is 0.571. The Morgan fingerprint density at radius 3 is 2.78 bits per heavy atom. The van der Waals surface area contributed by atoms with Gasteiger partial charge in [0.2, 0.25) is 0 Å². The van der Waals surface area contributed by atoms with Crippen molar-refractivity contribution in [1.82, 2.24) is 5.32 Å². The third kappa shape index (κ3) is 5.07. The van der Waals surface area contributed by atoms with Gasteiger partial charge < -0.3 is 10.7 Å². The van der Waals surface area contributed by atoms with Gasteiger partial charge in [0.05, 0.1) is 0 Å². The number of hydrogen-bond donors (Lipinski definition) is 2. The molecule has 52 valence electrons. The molecule has 0 saturated carbocycles. The molecule has 0 aliphatic carbocycles. The Morgan fingerprint density at radius 1 is 1.67 bits per heavy atom. The van der Waals surface area contributed by atoms with E-state index in [0.717, 1.165) is 18.7 Å². The topological polar surface area (TPSA) is 35.9 Å². The SMILES string of the molecule is CCCN/C(C)=C\C=N. The van der Waals surface area contributed by atoms with Crippen LogP contribution < -0.4 is 5.32 Å². The maximum absolute atomic E-state index is 6.73. The standard InChI is InChI=1S/C7H14N2/c1-3-6-9-7(2)4-5-8/h4-5,8-9H,3,6H2,1-2H3/b7-4-,8-5?. The van der Waals surface area contributed by atoms with Crippen molar-refractivity contribution in [2.24, 2.45) is 0 Å². The first kappa shape index (κ1) is 8.21. The molecule has 2 nitrogen and oxygen atoms in total. The molecule has 0 aliphatic heterocycles. The van der Waals surface area contributed by atoms with Gasteiger partial charge in [0, 0.05) is 18.5 Å². The van der Waals surface area contributed by atoms with E-state index in [1.165, 1.54) is 6.21 Å². The maximum atomic E-state index is 6.73. The van der Waals surface area contributed by atoms with E-state index in [1.807, 2.05) is 6.92 Å². The van der Waals surface area contributed by atoms with Crippen LogP contribution in [0.3, 0.4) is 0 Å². The second kappa shape index (κ2) is 5.35. The summed E-state index contributed by atoms with van der Waals surface area (Å²) in [6, 6.07) is 0. The molecule has 0 fully saturated rings. The highest BCUT2D eigenvalue weighted by atomic mass is 14.9. The average Bonchev–Trinajstić information content (AvgIpc) is 1.85. The fourth-order valence-corrected chi connectivity index (χ4v) is 0.506. The molecule has 0 aromatic carbocycles. The zero-order chi connectivity index (χ0) is 7.11. The molecule has 0 heterocycles. The van der Waals surface area contributed by atoms with Crippen LogP contribution in [-0.2, 0) is 0 Å². The first-order chi connectivity index (χ1) is 4.31. The second-order valence-corrected chi connectivity index (χ2v) is 1.94. The lowest BCUT2D eigenvalue weighted by molar-refractivity contribution is 0.771. The summed E-state index contributed by atoms with van der Waals surface area (Å²) in [5, 5.41) is 9.87. The highest BCUT2D eigenvalue weighted by molar-refractivity contribution is 5.68. The lowest BCUT2D eigenvalue weighted by Crippen LogP contribution is -2.11. The van der Waals surface area contributed by atoms with Gasteiger partial charge in [0.25, 0.3) is 0 Å². The van der Waals surface area contributed by atoms with Gasteiger partial charge in [0.1, 0.15) is 0 Å². The van der Waals surface area contributed by atoms with Crippen LogP contribution in [0.1, 0.15) is 20.3 Å². The monoisotopic (exact) mass is 126 g/mol. The van der Waals surface area contributed by atoms with E-state index in [1.54, 1.807) is 6.08 Å². The molecule has 0 aromatic heterocycles. The van der Waals surface area contributed by atoms with Gasteiger partial charge >= 0.3 is 0 Å². The van der Waals surface area contributed by atoms with Gasteiger partial charge in [0.15, 0.2) is 0 Å². The Bertz CT molecular complexity index is 105. The lowest BCUT2D eigenvalue weighted by atomic mass is 10.4. The smallest absolute Gasteiger partial charge is 0.0194 e. The molecule has 0 bridgehead atoms. The maximum Gasteiger partial charge on any atom is 0.0194 e. The summed E-state index contributed by atoms with van der Waals surface area (Å²) in [7, 11) is 0. The van der Waals surface area contributed by atoms with E-state index in [4.69, 9.17) is 5.41 Å². The van der Waals surface area contributed by atoms with Crippen LogP contribution in [0.5, 0.6) is 0 Å². The predicted molar refractivity (Wildman–Crippen MR) is 40.8 cm³/mol. The Morgan fingerprint density at radius 2 is 2.33 bits per heavy atom. The van der Waals surface area contributed by atoms with E-state index in [9.17, 15) is 0 Å². The van der Waals surface area contributed by atoms with E-state index in [0.29, 0.717) is 0 Å². The molecule has 0 rings (SSSR count). The van der Waals surface area contributed by atoms with Crippen molar-refractivity contribution in [2.45, 2.75) is 20.3 Å². The van der Waals surface area contributed by atoms with Crippen molar-refractivity contribution < 1.29 is 0 Å². The summed E-state index contributed by atoms with van der Waals surface area (Å²) in [6.07, 6.45) is 4.16. The van der Waals surface area contributed by atoms with Gasteiger partial charge in [-0.3, -0.25) is 0 Å². The van der Waals surface area contributed by atoms with Crippen molar-refractivity contribution in [3.05, 3.63) is 11.8 Å². The molecule has 0 atom stereocenters. The van der Waals surface area contributed by atoms with Gasteiger partial charge in [-0.15, -0.1) is 0 Å². The van der Waals surface area contributed by atoms with Crippen molar-refractivity contribution in [2.75, 3.05) is 6.54 Å². The van der Waals surface area contributed by atoms with Crippen molar-refractivity contribution in [3.63, 3.8) is 0 Å². The van der Waals surface area contributed by atoms with Crippen LogP contribution in [-0.4, -0.2) is 12.8 Å². The Balaban J connectivity index is 3.36. The van der Waals surface area contributed by atoms with Crippen LogP contribution in [0.2, 0.25) is 0 Å². The summed E-state index contributed by atoms with van der Waals surface area (Å²) in [5.41, 5.74) is 1.06. The quantitative estimate of drug-likeness (QED) is 0.551. The Kier molecular flexibility index (Phi) is 4.88. The van der Waals surface area contributed by atoms with Crippen LogP contribution in [0.4, 0.5) is 0 Å². The van der Waals surface area contributed by atoms with Gasteiger partial charge in [-0.25, -0.2) is 0 Å². The molecule has 2 N–H and O–H groups in total. The van der Waals surface area contributed by atoms with Crippen LogP contribution in [0, 0.1) is 5.41 Å². The third-order valence-electron chi connectivity index (χ3n) is 0.987. The second-order valence-electron chi connectivity index (χ2n) is 1.94. The molecular weight excluding hydrogens is 112 g/mol. The Hall–Kier alpha value is -0.790. The summed E-state index contributed by atoms with van der Waals surface area (Å²) in [4.78, 5) is 0. The van der Waals surface area contributed by atoms with E-state index >= 15 is 0 Å². The van der Waals surface area contributed by atoms with E-state index in [2.05, 4.69) is 12.2 Å². The minimum Gasteiger partial charge on any atom is -0.389 e. The van der Waals surface area contributed by atoms with Crippen molar-refractivity contribution >= 4 is 6.21 Å². The average molecular weight is 126 g/mol.